The summed E-state index contributed by atoms with van der Waals surface area (Å²) in [6, 6.07) is 0. The number of hydrogen-bond donors (Lipinski definition) is 1. The van der Waals surface area contributed by atoms with Gasteiger partial charge in [-0.3, -0.25) is 4.21 Å². The minimum absolute atomic E-state index is 0.553. The molecule has 0 bridgehead atoms. The molecule has 0 aliphatic carbocycles. The van der Waals surface area contributed by atoms with Crippen LogP contribution in [-0.4, -0.2) is 29.3 Å². The fourth-order valence-corrected chi connectivity index (χ4v) is 2.01. The van der Waals surface area contributed by atoms with Gasteiger partial charge in [-0.05, 0) is 13.0 Å². The third-order valence-corrected chi connectivity index (χ3v) is 2.80. The molecule has 0 spiro atoms. The zero-order valence-electron chi connectivity index (χ0n) is 7.02. The van der Waals surface area contributed by atoms with Crippen LogP contribution in [0.4, 0.5) is 0 Å². The molecule has 1 unspecified atom stereocenters. The number of hydrogen-bond acceptors (Lipinski definition) is 2. The van der Waals surface area contributed by atoms with E-state index in [0.29, 0.717) is 5.92 Å². The summed E-state index contributed by atoms with van der Waals surface area (Å²) in [4.78, 5) is 0. The second-order valence-corrected chi connectivity index (χ2v) is 4.43. The monoisotopic (exact) mass is 163 g/mol. The average Bonchev–Trinajstić information content (AvgIpc) is 1.82. The van der Waals surface area contributed by atoms with E-state index in [1.807, 2.05) is 7.05 Å². The molecule has 0 aromatic heterocycles. The van der Waals surface area contributed by atoms with Gasteiger partial charge in [-0.2, -0.15) is 0 Å². The van der Waals surface area contributed by atoms with Gasteiger partial charge >= 0.3 is 0 Å². The summed E-state index contributed by atoms with van der Waals surface area (Å²) in [5, 5.41) is 2.98. The SMILES string of the molecule is CNCCS(=O)CC(C)C. The second-order valence-electron chi connectivity index (χ2n) is 2.81. The maximum Gasteiger partial charge on any atom is 0.0360 e. The summed E-state index contributed by atoms with van der Waals surface area (Å²) in [5.41, 5.74) is 0. The molecule has 0 aromatic carbocycles. The molecule has 0 aromatic rings. The first-order valence-corrected chi connectivity index (χ1v) is 5.15. The van der Waals surface area contributed by atoms with Crippen molar-refractivity contribution in [3.63, 3.8) is 0 Å². The van der Waals surface area contributed by atoms with Gasteiger partial charge in [0.2, 0.25) is 0 Å². The predicted molar refractivity (Wildman–Crippen MR) is 46.6 cm³/mol. The Morgan fingerprint density at radius 3 is 2.50 bits per heavy atom. The van der Waals surface area contributed by atoms with E-state index in [0.717, 1.165) is 18.1 Å². The van der Waals surface area contributed by atoms with Crippen LogP contribution in [0.5, 0.6) is 0 Å². The lowest BCUT2D eigenvalue weighted by molar-refractivity contribution is 0.662. The summed E-state index contributed by atoms with van der Waals surface area (Å²) in [6.45, 7) is 5.05. The van der Waals surface area contributed by atoms with Crippen molar-refractivity contribution < 1.29 is 4.21 Å². The first kappa shape index (κ1) is 10.1. The maximum atomic E-state index is 11.1. The van der Waals surface area contributed by atoms with Crippen LogP contribution in [-0.2, 0) is 10.8 Å². The van der Waals surface area contributed by atoms with Crippen LogP contribution in [0.15, 0.2) is 0 Å². The number of nitrogens with one attached hydrogen (secondary N) is 1. The third kappa shape index (κ3) is 6.23. The van der Waals surface area contributed by atoms with Crippen molar-refractivity contribution in [3.8, 4) is 0 Å². The molecule has 62 valence electrons. The lowest BCUT2D eigenvalue weighted by Gasteiger charge is -2.03. The first-order chi connectivity index (χ1) is 4.66. The Kier molecular flexibility index (Phi) is 5.93. The zero-order chi connectivity index (χ0) is 7.98. The maximum absolute atomic E-state index is 11.1. The van der Waals surface area contributed by atoms with Crippen molar-refractivity contribution in [2.45, 2.75) is 13.8 Å². The van der Waals surface area contributed by atoms with Crippen LogP contribution in [0, 0.1) is 5.92 Å². The van der Waals surface area contributed by atoms with Crippen molar-refractivity contribution in [2.75, 3.05) is 25.1 Å². The van der Waals surface area contributed by atoms with Crippen LogP contribution in [0.25, 0.3) is 0 Å². The summed E-state index contributed by atoms with van der Waals surface area (Å²) < 4.78 is 11.1. The minimum Gasteiger partial charge on any atom is -0.319 e. The van der Waals surface area contributed by atoms with Gasteiger partial charge in [0, 0.05) is 28.9 Å². The van der Waals surface area contributed by atoms with Gasteiger partial charge in [-0.25, -0.2) is 0 Å². The smallest absolute Gasteiger partial charge is 0.0360 e. The fourth-order valence-electron chi connectivity index (χ4n) is 0.671. The van der Waals surface area contributed by atoms with Gasteiger partial charge in [-0.1, -0.05) is 13.8 Å². The van der Waals surface area contributed by atoms with Gasteiger partial charge in [-0.15, -0.1) is 0 Å². The summed E-state index contributed by atoms with van der Waals surface area (Å²) in [6.07, 6.45) is 0. The molecule has 1 N–H and O–H groups in total. The molecule has 0 radical (unpaired) electrons. The van der Waals surface area contributed by atoms with Crippen molar-refractivity contribution in [3.05, 3.63) is 0 Å². The molecule has 0 saturated heterocycles. The van der Waals surface area contributed by atoms with Crippen LogP contribution in [0.2, 0.25) is 0 Å². The van der Waals surface area contributed by atoms with E-state index in [1.54, 1.807) is 0 Å². The topological polar surface area (TPSA) is 29.1 Å². The quantitative estimate of drug-likeness (QED) is 0.643. The summed E-state index contributed by atoms with van der Waals surface area (Å²) in [7, 11) is 1.27. The highest BCUT2D eigenvalue weighted by molar-refractivity contribution is 7.85. The molecular weight excluding hydrogens is 146 g/mol. The Morgan fingerprint density at radius 1 is 1.50 bits per heavy atom. The molecule has 0 aliphatic rings. The van der Waals surface area contributed by atoms with Gasteiger partial charge in [0.25, 0.3) is 0 Å². The van der Waals surface area contributed by atoms with Crippen molar-refractivity contribution in [1.29, 1.82) is 0 Å². The fraction of sp³-hybridized carbons (Fsp3) is 1.00. The van der Waals surface area contributed by atoms with E-state index in [2.05, 4.69) is 19.2 Å². The van der Waals surface area contributed by atoms with Gasteiger partial charge < -0.3 is 5.32 Å². The van der Waals surface area contributed by atoms with Crippen LogP contribution >= 0.6 is 0 Å². The Hall–Kier alpha value is 0.110. The van der Waals surface area contributed by atoms with E-state index in [9.17, 15) is 4.21 Å². The Morgan fingerprint density at radius 2 is 2.10 bits per heavy atom. The lowest BCUT2D eigenvalue weighted by Crippen LogP contribution is -2.18. The first-order valence-electron chi connectivity index (χ1n) is 3.66. The molecule has 1 atom stereocenters. The molecule has 3 heteroatoms. The molecule has 0 aliphatic heterocycles. The molecule has 0 saturated carbocycles. The average molecular weight is 163 g/mol. The van der Waals surface area contributed by atoms with Crippen LogP contribution < -0.4 is 5.32 Å². The molecule has 0 fully saturated rings. The Labute approximate surface area is 65.9 Å². The normalized spacial score (nSPS) is 14.0. The molecular formula is C7H17NOS. The minimum atomic E-state index is -0.613. The molecule has 2 nitrogen and oxygen atoms in total. The lowest BCUT2D eigenvalue weighted by atomic mass is 10.3. The Bertz CT molecular complexity index is 104. The van der Waals surface area contributed by atoms with Gasteiger partial charge in [0.05, 0.1) is 0 Å². The van der Waals surface area contributed by atoms with E-state index in [4.69, 9.17) is 0 Å². The highest BCUT2D eigenvalue weighted by Gasteiger charge is 2.00. The van der Waals surface area contributed by atoms with Gasteiger partial charge in [0.15, 0.2) is 0 Å². The van der Waals surface area contributed by atoms with E-state index in [1.165, 1.54) is 0 Å². The highest BCUT2D eigenvalue weighted by atomic mass is 32.2. The molecule has 0 amide bonds. The van der Waals surface area contributed by atoms with Crippen molar-refractivity contribution >= 4 is 10.8 Å². The molecule has 10 heavy (non-hydrogen) atoms. The van der Waals surface area contributed by atoms with E-state index < -0.39 is 10.8 Å². The number of rotatable bonds is 5. The van der Waals surface area contributed by atoms with Crippen LogP contribution in [0.3, 0.4) is 0 Å². The van der Waals surface area contributed by atoms with Crippen molar-refractivity contribution in [2.24, 2.45) is 5.92 Å². The summed E-state index contributed by atoms with van der Waals surface area (Å²) in [5.74, 6) is 2.17. The predicted octanol–water partition coefficient (Wildman–Crippen LogP) is 0.610. The largest absolute Gasteiger partial charge is 0.319 e. The third-order valence-electron chi connectivity index (χ3n) is 1.10. The van der Waals surface area contributed by atoms with Gasteiger partial charge in [0.1, 0.15) is 0 Å². The molecule has 0 rings (SSSR count). The van der Waals surface area contributed by atoms with Crippen molar-refractivity contribution in [1.82, 2.24) is 5.32 Å². The van der Waals surface area contributed by atoms with Crippen LogP contribution in [0.1, 0.15) is 13.8 Å². The second kappa shape index (κ2) is 5.86. The Balaban J connectivity index is 3.26. The van der Waals surface area contributed by atoms with E-state index >= 15 is 0 Å². The highest BCUT2D eigenvalue weighted by Crippen LogP contribution is 1.94. The summed E-state index contributed by atoms with van der Waals surface area (Å²) >= 11 is 0. The molecule has 0 heterocycles. The standard InChI is InChI=1S/C7H17NOS/c1-7(2)6-10(9)5-4-8-3/h7-8H,4-6H2,1-3H3. The van der Waals surface area contributed by atoms with E-state index in [-0.39, 0.29) is 0 Å². The zero-order valence-corrected chi connectivity index (χ0v) is 7.83.